The molecule has 1 amide bonds. The summed E-state index contributed by atoms with van der Waals surface area (Å²) < 4.78 is 0. The van der Waals surface area contributed by atoms with Gasteiger partial charge in [0.15, 0.2) is 0 Å². The van der Waals surface area contributed by atoms with Crippen molar-refractivity contribution in [2.24, 2.45) is 11.8 Å². The van der Waals surface area contributed by atoms with Crippen LogP contribution in [0.25, 0.3) is 11.0 Å². The first-order valence-corrected chi connectivity index (χ1v) is 8.53. The van der Waals surface area contributed by atoms with Crippen molar-refractivity contribution in [2.75, 3.05) is 13.1 Å². The number of rotatable bonds is 1. The number of likely N-dealkylation sites (tertiary alicyclic amines) is 1. The lowest BCUT2D eigenvalue weighted by atomic mass is 9.75. The minimum absolute atomic E-state index is 0.0842. The molecule has 7 heteroatoms. The molecule has 24 heavy (non-hydrogen) atoms. The van der Waals surface area contributed by atoms with Crippen molar-refractivity contribution in [2.45, 2.75) is 32.1 Å². The van der Waals surface area contributed by atoms with Crippen LogP contribution in [-0.2, 0) is 0 Å². The van der Waals surface area contributed by atoms with E-state index in [4.69, 9.17) is 0 Å². The number of aromatic amines is 2. The molecule has 0 radical (unpaired) electrons. The fourth-order valence-corrected chi connectivity index (χ4v) is 4.13. The number of carbonyl (C=O) groups is 1. The number of nitrogens with zero attached hydrogens (tertiary/aromatic N) is 2. The summed E-state index contributed by atoms with van der Waals surface area (Å²) >= 11 is 0. The molecule has 2 N–H and O–H groups in total. The van der Waals surface area contributed by atoms with Crippen molar-refractivity contribution in [1.29, 1.82) is 0 Å². The van der Waals surface area contributed by atoms with E-state index in [0.29, 0.717) is 11.5 Å². The van der Waals surface area contributed by atoms with E-state index in [1.807, 2.05) is 4.90 Å². The standard InChI is InChI=1S/C17H20N4O3/c22-15-13-7-12(8-18-14(13)19-17(24)20-15)16(23)21-6-5-10-3-1-2-4-11(10)9-21/h7-8,10-11H,1-6,9H2,(H2,18,19,20,22,24)/t10-,11+/m0/s1. The maximum atomic E-state index is 12.8. The van der Waals surface area contributed by atoms with Gasteiger partial charge in [-0.05, 0) is 30.7 Å². The number of amides is 1. The van der Waals surface area contributed by atoms with E-state index in [1.165, 1.54) is 37.9 Å². The Labute approximate surface area is 138 Å². The molecule has 1 aliphatic heterocycles. The van der Waals surface area contributed by atoms with Gasteiger partial charge in [-0.3, -0.25) is 19.6 Å². The molecule has 0 unspecified atom stereocenters. The zero-order chi connectivity index (χ0) is 16.7. The van der Waals surface area contributed by atoms with Gasteiger partial charge in [-0.25, -0.2) is 9.78 Å². The van der Waals surface area contributed by atoms with E-state index in [9.17, 15) is 14.4 Å². The van der Waals surface area contributed by atoms with Crippen molar-refractivity contribution in [1.82, 2.24) is 19.9 Å². The van der Waals surface area contributed by atoms with Gasteiger partial charge in [0, 0.05) is 19.3 Å². The predicted octanol–water partition coefficient (Wildman–Crippen LogP) is 1.26. The zero-order valence-electron chi connectivity index (χ0n) is 13.4. The number of nitrogens with one attached hydrogen (secondary N) is 2. The number of hydrogen-bond acceptors (Lipinski definition) is 4. The summed E-state index contributed by atoms with van der Waals surface area (Å²) in [6.07, 6.45) is 7.55. The van der Waals surface area contributed by atoms with Crippen molar-refractivity contribution >= 4 is 16.9 Å². The van der Waals surface area contributed by atoms with Crippen LogP contribution >= 0.6 is 0 Å². The summed E-state index contributed by atoms with van der Waals surface area (Å²) in [6, 6.07) is 1.52. The first-order valence-electron chi connectivity index (χ1n) is 8.53. The summed E-state index contributed by atoms with van der Waals surface area (Å²) in [4.78, 5) is 46.6. The lowest BCUT2D eigenvalue weighted by Crippen LogP contribution is -2.44. The third-order valence-electron chi connectivity index (χ3n) is 5.42. The molecular formula is C17H20N4O3. The summed E-state index contributed by atoms with van der Waals surface area (Å²) in [5.41, 5.74) is -0.527. The Morgan fingerprint density at radius 2 is 1.92 bits per heavy atom. The van der Waals surface area contributed by atoms with Gasteiger partial charge >= 0.3 is 5.69 Å². The van der Waals surface area contributed by atoms with Gasteiger partial charge in [-0.2, -0.15) is 0 Å². The summed E-state index contributed by atoms with van der Waals surface area (Å²) in [5.74, 6) is 1.27. The molecule has 2 fully saturated rings. The summed E-state index contributed by atoms with van der Waals surface area (Å²) in [5, 5.41) is 0.230. The number of fused-ring (bicyclic) bond motifs is 2. The van der Waals surface area contributed by atoms with Crippen LogP contribution in [0.4, 0.5) is 0 Å². The van der Waals surface area contributed by atoms with E-state index >= 15 is 0 Å². The van der Waals surface area contributed by atoms with Crippen molar-refractivity contribution < 1.29 is 4.79 Å². The molecule has 0 aromatic carbocycles. The maximum absolute atomic E-state index is 12.8. The number of aromatic nitrogens is 3. The Morgan fingerprint density at radius 3 is 2.75 bits per heavy atom. The third kappa shape index (κ3) is 2.64. The second-order valence-electron chi connectivity index (χ2n) is 6.87. The molecule has 2 atom stereocenters. The van der Waals surface area contributed by atoms with Crippen molar-refractivity contribution in [3.05, 3.63) is 38.7 Å². The lowest BCUT2D eigenvalue weighted by molar-refractivity contribution is 0.0520. The molecule has 0 spiro atoms. The maximum Gasteiger partial charge on any atom is 0.327 e. The van der Waals surface area contributed by atoms with E-state index in [-0.39, 0.29) is 16.9 Å². The van der Waals surface area contributed by atoms with Gasteiger partial charge in [0.1, 0.15) is 5.65 Å². The SMILES string of the molecule is O=C(c1cnc2[nH]c(=O)[nH]c(=O)c2c1)N1CC[C@@H]2CCCC[C@@H]2C1. The largest absolute Gasteiger partial charge is 0.338 e. The molecule has 1 saturated carbocycles. The number of hydrogen-bond donors (Lipinski definition) is 2. The van der Waals surface area contributed by atoms with Crippen LogP contribution in [0.1, 0.15) is 42.5 Å². The Bertz CT molecular complexity index is 901. The highest BCUT2D eigenvalue weighted by Gasteiger charge is 2.33. The highest BCUT2D eigenvalue weighted by atomic mass is 16.2. The van der Waals surface area contributed by atoms with E-state index in [0.717, 1.165) is 25.4 Å². The Kier molecular flexibility index (Phi) is 3.70. The molecular weight excluding hydrogens is 308 g/mol. The normalized spacial score (nSPS) is 23.9. The number of H-pyrrole nitrogens is 2. The molecule has 2 aliphatic rings. The van der Waals surface area contributed by atoms with E-state index in [1.54, 1.807) is 0 Å². The monoisotopic (exact) mass is 328 g/mol. The Hall–Kier alpha value is -2.44. The minimum atomic E-state index is -0.599. The van der Waals surface area contributed by atoms with Crippen LogP contribution in [0, 0.1) is 11.8 Å². The average molecular weight is 328 g/mol. The highest BCUT2D eigenvalue weighted by molar-refractivity contribution is 5.96. The van der Waals surface area contributed by atoms with Gasteiger partial charge < -0.3 is 4.90 Å². The molecule has 1 saturated heterocycles. The fourth-order valence-electron chi connectivity index (χ4n) is 4.13. The van der Waals surface area contributed by atoms with Gasteiger partial charge in [0.25, 0.3) is 11.5 Å². The van der Waals surface area contributed by atoms with Crippen molar-refractivity contribution in [3.63, 3.8) is 0 Å². The number of carbonyl (C=O) groups excluding carboxylic acids is 1. The predicted molar refractivity (Wildman–Crippen MR) is 89.0 cm³/mol. The van der Waals surface area contributed by atoms with Crippen LogP contribution < -0.4 is 11.2 Å². The molecule has 2 aromatic heterocycles. The lowest BCUT2D eigenvalue weighted by Gasteiger charge is -2.41. The van der Waals surface area contributed by atoms with Gasteiger partial charge in [-0.1, -0.05) is 19.3 Å². The van der Waals surface area contributed by atoms with Crippen LogP contribution in [0.3, 0.4) is 0 Å². The number of piperidine rings is 1. The highest BCUT2D eigenvalue weighted by Crippen LogP contribution is 2.36. The van der Waals surface area contributed by atoms with Crippen LogP contribution in [-0.4, -0.2) is 38.8 Å². The quantitative estimate of drug-likeness (QED) is 0.823. The molecule has 1 aliphatic carbocycles. The molecule has 126 valence electrons. The first kappa shape index (κ1) is 15.1. The van der Waals surface area contributed by atoms with Crippen LogP contribution in [0.15, 0.2) is 21.9 Å². The molecule has 3 heterocycles. The van der Waals surface area contributed by atoms with Gasteiger partial charge in [-0.15, -0.1) is 0 Å². The zero-order valence-corrected chi connectivity index (χ0v) is 13.4. The van der Waals surface area contributed by atoms with Crippen molar-refractivity contribution in [3.8, 4) is 0 Å². The molecule has 2 aromatic rings. The Morgan fingerprint density at radius 1 is 1.12 bits per heavy atom. The average Bonchev–Trinajstić information content (AvgIpc) is 2.60. The van der Waals surface area contributed by atoms with E-state index in [2.05, 4.69) is 15.0 Å². The van der Waals surface area contributed by atoms with Crippen LogP contribution in [0.5, 0.6) is 0 Å². The van der Waals surface area contributed by atoms with E-state index < -0.39 is 11.2 Å². The molecule has 7 nitrogen and oxygen atoms in total. The Balaban J connectivity index is 1.61. The minimum Gasteiger partial charge on any atom is -0.338 e. The second kappa shape index (κ2) is 5.89. The second-order valence-corrected chi connectivity index (χ2v) is 6.87. The summed E-state index contributed by atoms with van der Waals surface area (Å²) in [6.45, 7) is 1.56. The fraction of sp³-hybridized carbons (Fsp3) is 0.529. The smallest absolute Gasteiger partial charge is 0.327 e. The summed E-state index contributed by atoms with van der Waals surface area (Å²) in [7, 11) is 0. The number of pyridine rings is 1. The third-order valence-corrected chi connectivity index (χ3v) is 5.42. The first-order chi connectivity index (χ1) is 11.6. The molecule has 0 bridgehead atoms. The molecule has 4 rings (SSSR count). The van der Waals surface area contributed by atoms with Gasteiger partial charge in [0.2, 0.25) is 0 Å². The van der Waals surface area contributed by atoms with Gasteiger partial charge in [0.05, 0.1) is 10.9 Å². The topological polar surface area (TPSA) is 98.9 Å². The van der Waals surface area contributed by atoms with Crippen LogP contribution in [0.2, 0.25) is 0 Å².